The normalized spacial score (nSPS) is 17.3. The molecule has 0 aromatic heterocycles. The van der Waals surface area contributed by atoms with E-state index in [1.165, 1.54) is 0 Å². The van der Waals surface area contributed by atoms with Gasteiger partial charge < -0.3 is 10.2 Å². The molecule has 3 rings (SSSR count). The summed E-state index contributed by atoms with van der Waals surface area (Å²) in [4.78, 5) is 15.1. The molecule has 0 spiro atoms. The quantitative estimate of drug-likeness (QED) is 0.886. The van der Waals surface area contributed by atoms with Crippen molar-refractivity contribution in [2.75, 3.05) is 26.7 Å². The highest BCUT2D eigenvalue weighted by Crippen LogP contribution is 2.22. The van der Waals surface area contributed by atoms with Gasteiger partial charge in [0.05, 0.1) is 0 Å². The Morgan fingerprint density at radius 1 is 1.27 bits per heavy atom. The third kappa shape index (κ3) is 4.31. The number of hydrogen-bond donors (Lipinski definition) is 1. The van der Waals surface area contributed by atoms with Crippen molar-refractivity contribution in [3.63, 3.8) is 0 Å². The smallest absolute Gasteiger partial charge is 0.254 e. The van der Waals surface area contributed by atoms with E-state index in [2.05, 4.69) is 5.32 Å². The molecule has 3 nitrogen and oxygen atoms in total. The fourth-order valence-corrected chi connectivity index (χ4v) is 3.72. The Hall–Kier alpha value is -2.20. The molecule has 0 saturated carbocycles. The summed E-state index contributed by atoms with van der Waals surface area (Å²) >= 11 is 0. The number of carbonyl (C=O) groups excluding carboxylic acids is 1. The summed E-state index contributed by atoms with van der Waals surface area (Å²) in [6.07, 6.45) is 2.77. The van der Waals surface area contributed by atoms with Gasteiger partial charge in [0.25, 0.3) is 5.91 Å². The van der Waals surface area contributed by atoms with E-state index in [1.54, 1.807) is 19.1 Å². The van der Waals surface area contributed by atoms with Crippen molar-refractivity contribution in [1.82, 2.24) is 10.2 Å². The van der Waals surface area contributed by atoms with Gasteiger partial charge in [0, 0.05) is 18.7 Å². The number of piperidine rings is 1. The van der Waals surface area contributed by atoms with Crippen molar-refractivity contribution >= 4 is 5.91 Å². The van der Waals surface area contributed by atoms with Crippen LogP contribution in [0.2, 0.25) is 0 Å². The molecule has 1 heterocycles. The molecule has 1 N–H and O–H groups in total. The molecule has 0 radical (unpaired) electrons. The molecular weight excluding hydrogens is 327 g/mol. The highest BCUT2D eigenvalue weighted by molar-refractivity contribution is 5.95. The van der Waals surface area contributed by atoms with E-state index in [-0.39, 0.29) is 11.7 Å². The van der Waals surface area contributed by atoms with Crippen LogP contribution in [0.15, 0.2) is 42.5 Å². The van der Waals surface area contributed by atoms with Crippen molar-refractivity contribution in [3.8, 4) is 0 Å². The second kappa shape index (κ2) is 8.45. The second-order valence-electron chi connectivity index (χ2n) is 7.23. The molecule has 2 aromatic carbocycles. The lowest BCUT2D eigenvalue weighted by molar-refractivity contribution is 0.0673. The first-order chi connectivity index (χ1) is 12.6. The van der Waals surface area contributed by atoms with Crippen LogP contribution in [-0.4, -0.2) is 37.5 Å². The lowest BCUT2D eigenvalue weighted by Crippen LogP contribution is -2.42. The zero-order chi connectivity index (χ0) is 18.5. The first-order valence-corrected chi connectivity index (χ1v) is 9.35. The fraction of sp³-hybridized carbons (Fsp3) is 0.409. The third-order valence-electron chi connectivity index (χ3n) is 5.18. The summed E-state index contributed by atoms with van der Waals surface area (Å²) in [6.45, 7) is 4.31. The van der Waals surface area contributed by atoms with Gasteiger partial charge in [-0.05, 0) is 74.5 Å². The predicted octanol–water partition coefficient (Wildman–Crippen LogP) is 3.80. The van der Waals surface area contributed by atoms with Crippen molar-refractivity contribution < 1.29 is 9.18 Å². The molecule has 4 heteroatoms. The minimum absolute atomic E-state index is 0.0917. The van der Waals surface area contributed by atoms with Crippen LogP contribution >= 0.6 is 0 Å². The van der Waals surface area contributed by atoms with Gasteiger partial charge in [0.15, 0.2) is 0 Å². The Morgan fingerprint density at radius 3 is 2.85 bits per heavy atom. The van der Waals surface area contributed by atoms with Gasteiger partial charge in [0.2, 0.25) is 0 Å². The molecule has 1 unspecified atom stereocenters. The Kier molecular flexibility index (Phi) is 6.04. The summed E-state index contributed by atoms with van der Waals surface area (Å²) in [5.74, 6) is 0.405. The molecule has 1 aliphatic heterocycles. The Bertz CT molecular complexity index is 772. The minimum atomic E-state index is -0.197. The molecule has 0 bridgehead atoms. The van der Waals surface area contributed by atoms with Crippen LogP contribution in [0, 0.1) is 18.7 Å². The van der Waals surface area contributed by atoms with Gasteiger partial charge in [-0.2, -0.15) is 0 Å². The number of nitrogens with zero attached hydrogens (tertiary/aromatic N) is 1. The number of rotatable bonds is 5. The summed E-state index contributed by atoms with van der Waals surface area (Å²) in [5, 5.41) is 3.22. The van der Waals surface area contributed by atoms with Gasteiger partial charge in [-0.25, -0.2) is 4.39 Å². The van der Waals surface area contributed by atoms with E-state index in [9.17, 15) is 9.18 Å². The van der Waals surface area contributed by atoms with Gasteiger partial charge in [0.1, 0.15) is 5.82 Å². The summed E-state index contributed by atoms with van der Waals surface area (Å²) in [7, 11) is 1.96. The van der Waals surface area contributed by atoms with Crippen molar-refractivity contribution in [3.05, 3.63) is 70.5 Å². The molecular formula is C22H27FN2O. The van der Waals surface area contributed by atoms with Crippen LogP contribution in [-0.2, 0) is 6.42 Å². The molecule has 1 saturated heterocycles. The minimum Gasteiger partial charge on any atom is -0.338 e. The molecule has 1 atom stereocenters. The topological polar surface area (TPSA) is 32.3 Å². The molecule has 0 aliphatic carbocycles. The number of benzene rings is 2. The summed E-state index contributed by atoms with van der Waals surface area (Å²) < 4.78 is 13.9. The molecule has 1 amide bonds. The fourth-order valence-electron chi connectivity index (χ4n) is 3.72. The standard InChI is InChI=1S/C22H27FN2O/c1-16-9-10-17(13-21(16)23)12-19-7-3-4-8-20(19)22(26)25-11-5-6-18(15-25)14-24-2/h3-4,7-10,13,18,24H,5-6,11-12,14-15H2,1-2H3. The number of aryl methyl sites for hydroxylation is 1. The number of amides is 1. The first-order valence-electron chi connectivity index (χ1n) is 9.35. The maximum Gasteiger partial charge on any atom is 0.254 e. The van der Waals surface area contributed by atoms with Crippen molar-refractivity contribution in [2.24, 2.45) is 5.92 Å². The average molecular weight is 354 g/mol. The second-order valence-corrected chi connectivity index (χ2v) is 7.23. The molecule has 26 heavy (non-hydrogen) atoms. The van der Waals surface area contributed by atoms with Crippen molar-refractivity contribution in [2.45, 2.75) is 26.2 Å². The third-order valence-corrected chi connectivity index (χ3v) is 5.18. The number of likely N-dealkylation sites (tertiary alicyclic amines) is 1. The van der Waals surface area contributed by atoms with E-state index in [0.29, 0.717) is 17.9 Å². The molecule has 1 fully saturated rings. The largest absolute Gasteiger partial charge is 0.338 e. The molecule has 1 aliphatic rings. The van der Waals surface area contributed by atoms with Gasteiger partial charge >= 0.3 is 0 Å². The zero-order valence-electron chi connectivity index (χ0n) is 15.6. The van der Waals surface area contributed by atoms with Crippen LogP contribution in [0.5, 0.6) is 0 Å². The van der Waals surface area contributed by atoms with E-state index in [1.807, 2.05) is 42.3 Å². The Labute approximate surface area is 155 Å². The van der Waals surface area contributed by atoms with Crippen LogP contribution in [0.1, 0.15) is 39.9 Å². The highest BCUT2D eigenvalue weighted by Gasteiger charge is 2.25. The van der Waals surface area contributed by atoms with Gasteiger partial charge in [-0.3, -0.25) is 4.79 Å². The van der Waals surface area contributed by atoms with Gasteiger partial charge in [-0.15, -0.1) is 0 Å². The maximum absolute atomic E-state index is 13.9. The van der Waals surface area contributed by atoms with Gasteiger partial charge in [-0.1, -0.05) is 30.3 Å². The highest BCUT2D eigenvalue weighted by atomic mass is 19.1. The Balaban J connectivity index is 1.79. The van der Waals surface area contributed by atoms with Crippen LogP contribution < -0.4 is 5.32 Å². The Morgan fingerprint density at radius 2 is 2.08 bits per heavy atom. The predicted molar refractivity (Wildman–Crippen MR) is 103 cm³/mol. The first kappa shape index (κ1) is 18.6. The van der Waals surface area contributed by atoms with Crippen LogP contribution in [0.25, 0.3) is 0 Å². The van der Waals surface area contributed by atoms with E-state index in [0.717, 1.165) is 49.2 Å². The summed E-state index contributed by atoms with van der Waals surface area (Å²) in [6, 6.07) is 13.0. The van der Waals surface area contributed by atoms with E-state index >= 15 is 0 Å². The molecule has 2 aromatic rings. The maximum atomic E-state index is 13.9. The number of hydrogen-bond acceptors (Lipinski definition) is 2. The number of nitrogens with one attached hydrogen (secondary N) is 1. The monoisotopic (exact) mass is 354 g/mol. The SMILES string of the molecule is CNCC1CCCN(C(=O)c2ccccc2Cc2ccc(C)c(F)c2)C1. The van der Waals surface area contributed by atoms with Crippen molar-refractivity contribution in [1.29, 1.82) is 0 Å². The molecule has 138 valence electrons. The summed E-state index contributed by atoms with van der Waals surface area (Å²) in [5.41, 5.74) is 3.22. The van der Waals surface area contributed by atoms with E-state index in [4.69, 9.17) is 0 Å². The zero-order valence-corrected chi connectivity index (χ0v) is 15.6. The lowest BCUT2D eigenvalue weighted by atomic mass is 9.95. The van der Waals surface area contributed by atoms with Crippen LogP contribution in [0.4, 0.5) is 4.39 Å². The van der Waals surface area contributed by atoms with E-state index < -0.39 is 0 Å². The number of halogens is 1. The lowest BCUT2D eigenvalue weighted by Gasteiger charge is -2.33. The average Bonchev–Trinajstić information content (AvgIpc) is 2.65. The number of carbonyl (C=O) groups is 1. The van der Waals surface area contributed by atoms with Crippen LogP contribution in [0.3, 0.4) is 0 Å².